The molecule has 0 aliphatic heterocycles. The molecule has 3 aromatic carbocycles. The number of anilines is 2. The molecule has 1 aromatic heterocycles. The molecule has 0 unspecified atom stereocenters. The zero-order valence-electron chi connectivity index (χ0n) is 19.1. The quantitative estimate of drug-likeness (QED) is 0.353. The highest BCUT2D eigenvalue weighted by molar-refractivity contribution is 7.98. The van der Waals surface area contributed by atoms with E-state index in [-0.39, 0.29) is 17.8 Å². The van der Waals surface area contributed by atoms with Gasteiger partial charge in [0.2, 0.25) is 0 Å². The number of nitrogens with zero attached hydrogens (tertiary/aromatic N) is 5. The van der Waals surface area contributed by atoms with Gasteiger partial charge in [-0.25, -0.2) is 4.39 Å². The van der Waals surface area contributed by atoms with Crippen LogP contribution < -0.4 is 10.2 Å². The average molecular weight is 477 g/mol. The number of hydrogen-bond acceptors (Lipinski definition) is 6. The highest BCUT2D eigenvalue weighted by Gasteiger charge is 2.16. The molecule has 0 spiro atoms. The zero-order valence-corrected chi connectivity index (χ0v) is 20.0. The van der Waals surface area contributed by atoms with Gasteiger partial charge in [-0.15, -0.1) is 16.9 Å². The molecule has 174 valence electrons. The molecular weight excluding hydrogens is 451 g/mol. The third kappa shape index (κ3) is 5.26. The Morgan fingerprint density at radius 2 is 1.82 bits per heavy atom. The van der Waals surface area contributed by atoms with Crippen molar-refractivity contribution in [2.75, 3.05) is 17.3 Å². The van der Waals surface area contributed by atoms with Crippen LogP contribution in [0.15, 0.2) is 77.7 Å². The molecule has 34 heavy (non-hydrogen) atoms. The SMILES string of the molecule is CC(C)N(C)c1ccc(NC(=O)c2ccccc2SCc2nnnn2-c2ccccc2)cc1F. The number of thioether (sulfide) groups is 1. The molecule has 4 aromatic rings. The van der Waals surface area contributed by atoms with Crippen molar-refractivity contribution in [1.82, 2.24) is 20.2 Å². The smallest absolute Gasteiger partial charge is 0.256 e. The van der Waals surface area contributed by atoms with Gasteiger partial charge in [0.25, 0.3) is 5.91 Å². The Morgan fingerprint density at radius 3 is 2.56 bits per heavy atom. The molecule has 0 fully saturated rings. The van der Waals surface area contributed by atoms with Crippen molar-refractivity contribution in [1.29, 1.82) is 0 Å². The van der Waals surface area contributed by atoms with Gasteiger partial charge in [0.15, 0.2) is 5.82 Å². The van der Waals surface area contributed by atoms with Crippen molar-refractivity contribution in [3.63, 3.8) is 0 Å². The third-order valence-corrected chi connectivity index (χ3v) is 6.45. The highest BCUT2D eigenvalue weighted by Crippen LogP contribution is 2.28. The lowest BCUT2D eigenvalue weighted by atomic mass is 10.2. The van der Waals surface area contributed by atoms with Crippen LogP contribution in [-0.2, 0) is 5.75 Å². The van der Waals surface area contributed by atoms with Gasteiger partial charge in [-0.1, -0.05) is 30.3 Å². The molecule has 4 rings (SSSR count). The largest absolute Gasteiger partial charge is 0.370 e. The fourth-order valence-electron chi connectivity index (χ4n) is 3.34. The fraction of sp³-hybridized carbons (Fsp3) is 0.200. The van der Waals surface area contributed by atoms with E-state index >= 15 is 0 Å². The van der Waals surface area contributed by atoms with E-state index in [2.05, 4.69) is 20.8 Å². The van der Waals surface area contributed by atoms with Crippen LogP contribution in [0, 0.1) is 5.82 Å². The first-order valence-corrected chi connectivity index (χ1v) is 11.8. The van der Waals surface area contributed by atoms with Crippen molar-refractivity contribution >= 4 is 29.0 Å². The summed E-state index contributed by atoms with van der Waals surface area (Å²) in [6, 6.07) is 21.8. The molecule has 0 aliphatic rings. The van der Waals surface area contributed by atoms with E-state index in [0.29, 0.717) is 28.5 Å². The first kappa shape index (κ1) is 23.4. The van der Waals surface area contributed by atoms with Crippen molar-refractivity contribution in [3.05, 3.63) is 90.0 Å². The number of nitrogens with one attached hydrogen (secondary N) is 1. The van der Waals surface area contributed by atoms with Crippen LogP contribution in [0.4, 0.5) is 15.8 Å². The number of hydrogen-bond donors (Lipinski definition) is 1. The van der Waals surface area contributed by atoms with Crippen molar-refractivity contribution in [2.24, 2.45) is 0 Å². The number of aromatic nitrogens is 4. The minimum Gasteiger partial charge on any atom is -0.370 e. The summed E-state index contributed by atoms with van der Waals surface area (Å²) in [6.07, 6.45) is 0. The van der Waals surface area contributed by atoms with E-state index in [4.69, 9.17) is 0 Å². The predicted molar refractivity (Wildman–Crippen MR) is 133 cm³/mol. The molecule has 0 radical (unpaired) electrons. The summed E-state index contributed by atoms with van der Waals surface area (Å²) in [5.74, 6) is 0.440. The van der Waals surface area contributed by atoms with Gasteiger partial charge in [0.1, 0.15) is 5.82 Å². The second-order valence-electron chi connectivity index (χ2n) is 7.95. The van der Waals surface area contributed by atoms with Gasteiger partial charge in [0.05, 0.1) is 22.7 Å². The van der Waals surface area contributed by atoms with E-state index in [1.54, 1.807) is 28.9 Å². The lowest BCUT2D eigenvalue weighted by Crippen LogP contribution is -2.26. The number of rotatable bonds is 8. The normalized spacial score (nSPS) is 11.0. The van der Waals surface area contributed by atoms with Crippen molar-refractivity contribution < 1.29 is 9.18 Å². The van der Waals surface area contributed by atoms with Crippen LogP contribution in [0.25, 0.3) is 5.69 Å². The van der Waals surface area contributed by atoms with Gasteiger partial charge >= 0.3 is 0 Å². The van der Waals surface area contributed by atoms with Gasteiger partial charge in [0, 0.05) is 23.7 Å². The predicted octanol–water partition coefficient (Wildman–Crippen LogP) is 5.19. The van der Waals surface area contributed by atoms with Gasteiger partial charge in [-0.2, -0.15) is 4.68 Å². The van der Waals surface area contributed by atoms with Crippen LogP contribution in [0.2, 0.25) is 0 Å². The molecule has 1 heterocycles. The maximum Gasteiger partial charge on any atom is 0.256 e. The van der Waals surface area contributed by atoms with Crippen LogP contribution in [0.3, 0.4) is 0 Å². The molecule has 0 aliphatic carbocycles. The molecule has 1 N–H and O–H groups in total. The van der Waals surface area contributed by atoms with Gasteiger partial charge in [-0.3, -0.25) is 4.79 Å². The minimum atomic E-state index is -0.385. The maximum atomic E-state index is 14.6. The Balaban J connectivity index is 1.49. The van der Waals surface area contributed by atoms with E-state index in [9.17, 15) is 9.18 Å². The molecule has 0 saturated carbocycles. The van der Waals surface area contributed by atoms with Crippen molar-refractivity contribution in [2.45, 2.75) is 30.5 Å². The average Bonchev–Trinajstić information content (AvgIpc) is 3.32. The van der Waals surface area contributed by atoms with Crippen LogP contribution >= 0.6 is 11.8 Å². The summed E-state index contributed by atoms with van der Waals surface area (Å²) < 4.78 is 16.3. The summed E-state index contributed by atoms with van der Waals surface area (Å²) in [7, 11) is 1.84. The molecule has 0 atom stereocenters. The summed E-state index contributed by atoms with van der Waals surface area (Å²) in [5, 5.41) is 14.8. The number of carbonyl (C=O) groups excluding carboxylic acids is 1. The Kier molecular flexibility index (Phi) is 7.22. The Morgan fingerprint density at radius 1 is 1.09 bits per heavy atom. The van der Waals surface area contributed by atoms with Crippen LogP contribution in [-0.4, -0.2) is 39.2 Å². The summed E-state index contributed by atoms with van der Waals surface area (Å²) in [5.41, 5.74) is 2.24. The number of para-hydroxylation sites is 1. The van der Waals surface area contributed by atoms with Crippen molar-refractivity contribution in [3.8, 4) is 5.69 Å². The Labute approximate surface area is 202 Å². The molecule has 9 heteroatoms. The monoisotopic (exact) mass is 476 g/mol. The first-order valence-electron chi connectivity index (χ1n) is 10.8. The molecule has 1 amide bonds. The number of halogens is 1. The lowest BCUT2D eigenvalue weighted by molar-refractivity contribution is 0.102. The number of amides is 1. The third-order valence-electron chi connectivity index (χ3n) is 5.38. The summed E-state index contributed by atoms with van der Waals surface area (Å²) in [6.45, 7) is 3.98. The summed E-state index contributed by atoms with van der Waals surface area (Å²) in [4.78, 5) is 15.6. The summed E-state index contributed by atoms with van der Waals surface area (Å²) >= 11 is 1.46. The maximum absolute atomic E-state index is 14.6. The van der Waals surface area contributed by atoms with E-state index in [1.807, 2.05) is 68.3 Å². The van der Waals surface area contributed by atoms with Gasteiger partial charge < -0.3 is 10.2 Å². The van der Waals surface area contributed by atoms with E-state index in [1.165, 1.54) is 17.8 Å². The number of tetrazole rings is 1. The number of benzene rings is 3. The van der Waals surface area contributed by atoms with Crippen LogP contribution in [0.1, 0.15) is 30.0 Å². The van der Waals surface area contributed by atoms with E-state index < -0.39 is 0 Å². The molecule has 0 saturated heterocycles. The fourth-order valence-corrected chi connectivity index (χ4v) is 4.29. The minimum absolute atomic E-state index is 0.154. The zero-order chi connectivity index (χ0) is 24.1. The standard InChI is InChI=1S/C25H25FN6OS/c1-17(2)31(3)22-14-13-18(15-21(22)26)27-25(33)20-11-7-8-12-23(20)34-16-24-28-29-30-32(24)19-9-5-4-6-10-19/h4-15,17H,16H2,1-3H3,(H,27,33). The molecule has 0 bridgehead atoms. The first-order chi connectivity index (χ1) is 16.4. The topological polar surface area (TPSA) is 75.9 Å². The van der Waals surface area contributed by atoms with E-state index in [0.717, 1.165) is 10.6 Å². The second-order valence-corrected chi connectivity index (χ2v) is 8.97. The van der Waals surface area contributed by atoms with Gasteiger partial charge in [-0.05, 0) is 66.7 Å². The Bertz CT molecular complexity index is 1280. The highest BCUT2D eigenvalue weighted by atomic mass is 32.2. The Hall–Kier alpha value is -3.72. The second kappa shape index (κ2) is 10.5. The lowest BCUT2D eigenvalue weighted by Gasteiger charge is -2.24. The molecule has 7 nitrogen and oxygen atoms in total. The van der Waals surface area contributed by atoms with Crippen LogP contribution in [0.5, 0.6) is 0 Å². The number of carbonyl (C=O) groups is 1. The molecular formula is C25H25FN6OS.